The second-order valence-corrected chi connectivity index (χ2v) is 4.98. The van der Waals surface area contributed by atoms with E-state index in [0.29, 0.717) is 0 Å². The van der Waals surface area contributed by atoms with Gasteiger partial charge < -0.3 is 5.73 Å². The molecular formula is C13H22N4. The molecule has 0 spiro atoms. The maximum absolute atomic E-state index is 9.00. The topological polar surface area (TPSA) is 67.6 Å². The lowest BCUT2D eigenvalue weighted by Gasteiger charge is -2.15. The van der Waals surface area contributed by atoms with Crippen molar-refractivity contribution in [3.8, 4) is 6.07 Å². The van der Waals surface area contributed by atoms with Crippen molar-refractivity contribution in [3.05, 3.63) is 11.4 Å². The van der Waals surface area contributed by atoms with Crippen LogP contribution in [0.1, 0.15) is 45.5 Å². The van der Waals surface area contributed by atoms with Crippen LogP contribution in [0.25, 0.3) is 0 Å². The molecule has 0 atom stereocenters. The highest BCUT2D eigenvalue weighted by Gasteiger charge is 2.19. The standard InChI is InChI=1S/C13H22N4/c1-5-10-12(15)11(6-2)17(16-10)8-7-13(3,4)9-14/h5-8,15H2,1-4H3. The maximum Gasteiger partial charge on any atom is 0.0854 e. The number of aromatic nitrogens is 2. The van der Waals surface area contributed by atoms with Crippen molar-refractivity contribution in [2.24, 2.45) is 5.41 Å². The van der Waals surface area contributed by atoms with Gasteiger partial charge in [0.15, 0.2) is 0 Å². The molecule has 17 heavy (non-hydrogen) atoms. The Balaban J connectivity index is 2.88. The molecule has 0 saturated carbocycles. The van der Waals surface area contributed by atoms with E-state index in [2.05, 4.69) is 25.0 Å². The minimum Gasteiger partial charge on any atom is -0.396 e. The van der Waals surface area contributed by atoms with Gasteiger partial charge in [-0.05, 0) is 33.1 Å². The van der Waals surface area contributed by atoms with Gasteiger partial charge >= 0.3 is 0 Å². The number of hydrogen-bond donors (Lipinski definition) is 1. The molecule has 0 aliphatic rings. The minimum atomic E-state index is -0.307. The Bertz CT molecular complexity index is 423. The highest BCUT2D eigenvalue weighted by Crippen LogP contribution is 2.23. The SMILES string of the molecule is CCc1nn(CCC(C)(C)C#N)c(CC)c1N. The fraction of sp³-hybridized carbons (Fsp3) is 0.692. The highest BCUT2D eigenvalue weighted by atomic mass is 15.3. The lowest BCUT2D eigenvalue weighted by atomic mass is 9.91. The Hall–Kier alpha value is -1.50. The summed E-state index contributed by atoms with van der Waals surface area (Å²) >= 11 is 0. The first-order valence-electron chi connectivity index (χ1n) is 6.20. The monoisotopic (exact) mass is 234 g/mol. The fourth-order valence-electron chi connectivity index (χ4n) is 1.83. The smallest absolute Gasteiger partial charge is 0.0854 e. The van der Waals surface area contributed by atoms with Crippen molar-refractivity contribution in [1.82, 2.24) is 9.78 Å². The lowest BCUT2D eigenvalue weighted by molar-refractivity contribution is 0.393. The number of nitrogens with two attached hydrogens (primary N) is 1. The summed E-state index contributed by atoms with van der Waals surface area (Å²) in [5, 5.41) is 13.5. The van der Waals surface area contributed by atoms with E-state index >= 15 is 0 Å². The van der Waals surface area contributed by atoms with Gasteiger partial charge in [-0.2, -0.15) is 10.4 Å². The third-order valence-corrected chi connectivity index (χ3v) is 3.10. The van der Waals surface area contributed by atoms with Crippen LogP contribution in [-0.2, 0) is 19.4 Å². The first kappa shape index (κ1) is 13.6. The molecule has 0 aliphatic heterocycles. The molecule has 0 aromatic carbocycles. The minimum absolute atomic E-state index is 0.307. The van der Waals surface area contributed by atoms with Crippen LogP contribution in [0.3, 0.4) is 0 Å². The molecule has 1 aromatic rings. The lowest BCUT2D eigenvalue weighted by Crippen LogP contribution is -2.14. The summed E-state index contributed by atoms with van der Waals surface area (Å²) in [6.07, 6.45) is 2.53. The highest BCUT2D eigenvalue weighted by molar-refractivity contribution is 5.48. The number of anilines is 1. The molecule has 1 aromatic heterocycles. The summed E-state index contributed by atoms with van der Waals surface area (Å²) in [5.41, 5.74) is 8.63. The summed E-state index contributed by atoms with van der Waals surface area (Å²) in [7, 11) is 0. The Labute approximate surface area is 103 Å². The fourth-order valence-corrected chi connectivity index (χ4v) is 1.83. The zero-order valence-corrected chi connectivity index (χ0v) is 11.2. The molecule has 0 bridgehead atoms. The van der Waals surface area contributed by atoms with Gasteiger partial charge in [-0.3, -0.25) is 4.68 Å². The van der Waals surface area contributed by atoms with Gasteiger partial charge in [-0.1, -0.05) is 13.8 Å². The predicted octanol–water partition coefficient (Wildman–Crippen LogP) is 2.53. The molecule has 0 aliphatic carbocycles. The predicted molar refractivity (Wildman–Crippen MR) is 69.4 cm³/mol. The molecule has 2 N–H and O–H groups in total. The van der Waals surface area contributed by atoms with Crippen LogP contribution in [0, 0.1) is 16.7 Å². The van der Waals surface area contributed by atoms with E-state index in [4.69, 9.17) is 11.0 Å². The second-order valence-electron chi connectivity index (χ2n) is 4.98. The van der Waals surface area contributed by atoms with E-state index in [1.807, 2.05) is 18.5 Å². The van der Waals surface area contributed by atoms with Crippen LogP contribution in [0.5, 0.6) is 0 Å². The number of rotatable bonds is 5. The summed E-state index contributed by atoms with van der Waals surface area (Å²) in [5.74, 6) is 0. The van der Waals surface area contributed by atoms with Crippen molar-refractivity contribution < 1.29 is 0 Å². The molecule has 0 fully saturated rings. The molecule has 0 saturated heterocycles. The summed E-state index contributed by atoms with van der Waals surface area (Å²) in [6.45, 7) is 8.80. The van der Waals surface area contributed by atoms with Crippen molar-refractivity contribution in [2.75, 3.05) is 5.73 Å². The molecule has 1 rings (SSSR count). The average molecular weight is 234 g/mol. The Morgan fingerprint density at radius 1 is 1.35 bits per heavy atom. The molecule has 4 nitrogen and oxygen atoms in total. The second kappa shape index (κ2) is 5.22. The van der Waals surface area contributed by atoms with Gasteiger partial charge in [-0.15, -0.1) is 0 Å². The third-order valence-electron chi connectivity index (χ3n) is 3.10. The number of nitriles is 1. The molecule has 0 amide bonds. The summed E-state index contributed by atoms with van der Waals surface area (Å²) < 4.78 is 1.97. The molecule has 4 heteroatoms. The van der Waals surface area contributed by atoms with E-state index < -0.39 is 0 Å². The third kappa shape index (κ3) is 3.00. The molecule has 94 valence electrons. The van der Waals surface area contributed by atoms with Gasteiger partial charge in [0.2, 0.25) is 0 Å². The maximum atomic E-state index is 9.00. The summed E-state index contributed by atoms with van der Waals surface area (Å²) in [4.78, 5) is 0. The van der Waals surface area contributed by atoms with Gasteiger partial charge in [-0.25, -0.2) is 0 Å². The molecule has 0 radical (unpaired) electrons. The van der Waals surface area contributed by atoms with Gasteiger partial charge in [0, 0.05) is 6.54 Å². The number of aryl methyl sites for hydroxylation is 2. The number of nitrogens with zero attached hydrogens (tertiary/aromatic N) is 3. The van der Waals surface area contributed by atoms with Crippen LogP contribution in [0.2, 0.25) is 0 Å². The van der Waals surface area contributed by atoms with Crippen molar-refractivity contribution in [3.63, 3.8) is 0 Å². The first-order valence-corrected chi connectivity index (χ1v) is 6.20. The molecule has 1 heterocycles. The van der Waals surface area contributed by atoms with E-state index in [-0.39, 0.29) is 5.41 Å². The van der Waals surface area contributed by atoms with Gasteiger partial charge in [0.1, 0.15) is 0 Å². The van der Waals surface area contributed by atoms with E-state index in [9.17, 15) is 0 Å². The van der Waals surface area contributed by atoms with Gasteiger partial charge in [0.05, 0.1) is 28.6 Å². The number of nitrogen functional groups attached to an aromatic ring is 1. The normalized spacial score (nSPS) is 11.5. The van der Waals surface area contributed by atoms with Crippen molar-refractivity contribution >= 4 is 5.69 Å². The Morgan fingerprint density at radius 3 is 2.47 bits per heavy atom. The van der Waals surface area contributed by atoms with Crippen LogP contribution in [-0.4, -0.2) is 9.78 Å². The van der Waals surface area contributed by atoms with E-state index in [1.54, 1.807) is 0 Å². The van der Waals surface area contributed by atoms with Crippen molar-refractivity contribution in [2.45, 2.75) is 53.5 Å². The Kier molecular flexibility index (Phi) is 4.17. The quantitative estimate of drug-likeness (QED) is 0.851. The van der Waals surface area contributed by atoms with E-state index in [0.717, 1.165) is 42.9 Å². The van der Waals surface area contributed by atoms with Crippen molar-refractivity contribution in [1.29, 1.82) is 5.26 Å². The molecule has 0 unspecified atom stereocenters. The molecular weight excluding hydrogens is 212 g/mol. The zero-order chi connectivity index (χ0) is 13.1. The zero-order valence-electron chi connectivity index (χ0n) is 11.2. The van der Waals surface area contributed by atoms with E-state index in [1.165, 1.54) is 0 Å². The Morgan fingerprint density at radius 2 is 2.00 bits per heavy atom. The number of hydrogen-bond acceptors (Lipinski definition) is 3. The summed E-state index contributed by atoms with van der Waals surface area (Å²) in [6, 6.07) is 2.31. The largest absolute Gasteiger partial charge is 0.396 e. The van der Waals surface area contributed by atoms with Crippen LogP contribution in [0.4, 0.5) is 5.69 Å². The van der Waals surface area contributed by atoms with Crippen LogP contribution in [0.15, 0.2) is 0 Å². The van der Waals surface area contributed by atoms with Gasteiger partial charge in [0.25, 0.3) is 0 Å². The van der Waals surface area contributed by atoms with Crippen LogP contribution >= 0.6 is 0 Å². The average Bonchev–Trinajstić information content (AvgIpc) is 2.62. The first-order chi connectivity index (χ1) is 7.95. The van der Waals surface area contributed by atoms with Crippen LogP contribution < -0.4 is 5.73 Å².